The average molecular weight is 926 g/mol. The molecule has 2 aromatic heterocycles. The van der Waals surface area contributed by atoms with Crippen molar-refractivity contribution in [2.75, 3.05) is 80.8 Å². The second kappa shape index (κ2) is 18.6. The van der Waals surface area contributed by atoms with Crippen molar-refractivity contribution in [2.24, 2.45) is 11.3 Å². The van der Waals surface area contributed by atoms with Gasteiger partial charge >= 0.3 is 0 Å². The van der Waals surface area contributed by atoms with E-state index in [9.17, 15) is 23.3 Å². The van der Waals surface area contributed by atoms with Gasteiger partial charge in [0.05, 0.1) is 33.9 Å². The summed E-state index contributed by atoms with van der Waals surface area (Å²) in [7, 11) is -4.58. The van der Waals surface area contributed by atoms with Gasteiger partial charge in [-0.1, -0.05) is 43.2 Å². The number of ether oxygens (including phenoxy) is 2. The van der Waals surface area contributed by atoms with Crippen LogP contribution in [0.2, 0.25) is 5.02 Å². The van der Waals surface area contributed by atoms with Crippen LogP contribution >= 0.6 is 11.6 Å². The third-order valence-electron chi connectivity index (χ3n) is 13.0. The molecule has 19 heteroatoms. The van der Waals surface area contributed by atoms with Gasteiger partial charge < -0.3 is 24.6 Å². The van der Waals surface area contributed by atoms with Gasteiger partial charge in [0, 0.05) is 75.8 Å². The Morgan fingerprint density at radius 1 is 0.969 bits per heavy atom. The van der Waals surface area contributed by atoms with Crippen molar-refractivity contribution >= 4 is 67.1 Å². The zero-order valence-electron chi connectivity index (χ0n) is 36.5. The van der Waals surface area contributed by atoms with Gasteiger partial charge in [-0.2, -0.15) is 0 Å². The fourth-order valence-corrected chi connectivity index (χ4v) is 10.4. The number of halogens is 1. The van der Waals surface area contributed by atoms with Crippen molar-refractivity contribution in [3.05, 3.63) is 105 Å². The largest absolute Gasteiger partial charge is 0.475 e. The van der Waals surface area contributed by atoms with Crippen LogP contribution in [0.15, 0.2) is 83.4 Å². The maximum Gasteiger partial charge on any atom is 0.293 e. The van der Waals surface area contributed by atoms with Crippen molar-refractivity contribution in [2.45, 2.75) is 57.3 Å². The number of rotatable bonds is 12. The number of sulfonamides is 1. The number of nitro benzene ring substituents is 1. The molecule has 0 bridgehead atoms. The molecular formula is C46H53ClN10O7S. The first-order valence-electron chi connectivity index (χ1n) is 22.2. The molecule has 5 aromatic rings. The standard InChI is InChI=1S/C46H53ClN10O7S/c1-46(2)15-12-33(39(27-46)32-4-6-34(47)7-5-32)30-53-17-19-54(20-18-53)35-8-10-38(41(24-35)55-16-3-21-64-45-43(55)25-36-29-49-52-56(36)50-45)44(58)51-65(61,62)37-9-11-40(42(26-37)57(59)60)48-28-31-13-22-63-23-14-31/h4-11,24-26,29,31,48H,3,12-23,27-28,30H2,1-2H3,(H,51,58). The first-order valence-corrected chi connectivity index (χ1v) is 24.0. The van der Waals surface area contributed by atoms with Gasteiger partial charge in [-0.25, -0.2) is 13.1 Å². The molecule has 65 heavy (non-hydrogen) atoms. The Balaban J connectivity index is 0.986. The van der Waals surface area contributed by atoms with Gasteiger partial charge in [0.1, 0.15) is 16.9 Å². The second-order valence-electron chi connectivity index (χ2n) is 18.0. The molecular weight excluding hydrogens is 872 g/mol. The van der Waals surface area contributed by atoms with E-state index in [2.05, 4.69) is 61.2 Å². The second-order valence-corrected chi connectivity index (χ2v) is 20.2. The highest BCUT2D eigenvalue weighted by molar-refractivity contribution is 7.90. The van der Waals surface area contributed by atoms with Crippen molar-refractivity contribution in [1.29, 1.82) is 0 Å². The summed E-state index contributed by atoms with van der Waals surface area (Å²) in [5.41, 5.74) is 6.68. The Hall–Kier alpha value is -5.82. The molecule has 3 aliphatic heterocycles. The highest BCUT2D eigenvalue weighted by Gasteiger charge is 2.32. The maximum atomic E-state index is 14.4. The Kier molecular flexibility index (Phi) is 12.7. The Labute approximate surface area is 382 Å². The summed E-state index contributed by atoms with van der Waals surface area (Å²) >= 11 is 6.27. The first-order chi connectivity index (χ1) is 31.3. The molecule has 4 aliphatic rings. The van der Waals surface area contributed by atoms with Crippen LogP contribution in [0.25, 0.3) is 11.1 Å². The van der Waals surface area contributed by atoms with E-state index in [1.54, 1.807) is 12.3 Å². The monoisotopic (exact) mass is 924 g/mol. The lowest BCUT2D eigenvalue weighted by molar-refractivity contribution is -0.384. The van der Waals surface area contributed by atoms with E-state index in [1.807, 2.05) is 35.2 Å². The third-order valence-corrected chi connectivity index (χ3v) is 14.6. The van der Waals surface area contributed by atoms with Gasteiger partial charge in [-0.3, -0.25) is 19.8 Å². The van der Waals surface area contributed by atoms with Crippen molar-refractivity contribution in [1.82, 2.24) is 29.7 Å². The normalized spacial score (nSPS) is 18.5. The molecule has 1 aliphatic carbocycles. The Bertz CT molecular complexity index is 2730. The van der Waals surface area contributed by atoms with Gasteiger partial charge in [0.15, 0.2) is 0 Å². The topological polar surface area (TPSA) is 190 Å². The average Bonchev–Trinajstić information content (AvgIpc) is 3.66. The molecule has 5 heterocycles. The van der Waals surface area contributed by atoms with Crippen LogP contribution in [0.5, 0.6) is 5.88 Å². The summed E-state index contributed by atoms with van der Waals surface area (Å²) < 4.78 is 42.9. The number of carbonyl (C=O) groups excluding carboxylic acids is 1. The smallest absolute Gasteiger partial charge is 0.293 e. The molecule has 0 unspecified atom stereocenters. The van der Waals surface area contributed by atoms with Crippen molar-refractivity contribution < 1.29 is 27.6 Å². The molecule has 0 atom stereocenters. The number of allylic oxidation sites excluding steroid dienone is 1. The highest BCUT2D eigenvalue weighted by atomic mass is 35.5. The summed E-state index contributed by atoms with van der Waals surface area (Å²) in [5, 5.41) is 28.6. The lowest BCUT2D eigenvalue weighted by Crippen LogP contribution is -2.47. The quantitative estimate of drug-likeness (QED) is 0.0933. The Morgan fingerprint density at radius 2 is 1.75 bits per heavy atom. The number of nitrogens with zero attached hydrogens (tertiary/aromatic N) is 8. The van der Waals surface area contributed by atoms with E-state index < -0.39 is 31.4 Å². The number of hydrogen-bond acceptors (Lipinski definition) is 14. The molecule has 342 valence electrons. The number of piperazine rings is 1. The highest BCUT2D eigenvalue weighted by Crippen LogP contribution is 2.44. The van der Waals surface area contributed by atoms with E-state index in [4.69, 9.17) is 21.1 Å². The number of benzene rings is 3. The van der Waals surface area contributed by atoms with E-state index >= 15 is 0 Å². The van der Waals surface area contributed by atoms with Crippen molar-refractivity contribution in [3.8, 4) is 5.88 Å². The van der Waals surface area contributed by atoms with Crippen LogP contribution < -0.4 is 24.6 Å². The van der Waals surface area contributed by atoms with Gasteiger partial charge in [-0.05, 0) is 115 Å². The van der Waals surface area contributed by atoms with Crippen LogP contribution in [0.4, 0.5) is 28.4 Å². The molecule has 2 N–H and O–H groups in total. The number of nitro groups is 1. The van der Waals surface area contributed by atoms with Crippen LogP contribution in [0.3, 0.4) is 0 Å². The minimum absolute atomic E-state index is 0.0847. The van der Waals surface area contributed by atoms with E-state index in [0.717, 1.165) is 81.6 Å². The molecule has 2 saturated heterocycles. The summed E-state index contributed by atoms with van der Waals surface area (Å²) in [6, 6.07) is 19.0. The number of anilines is 4. The zero-order chi connectivity index (χ0) is 45.3. The van der Waals surface area contributed by atoms with Crippen molar-refractivity contribution in [3.63, 3.8) is 0 Å². The van der Waals surface area contributed by atoms with Crippen LogP contribution in [-0.2, 0) is 14.8 Å². The van der Waals surface area contributed by atoms with Crippen LogP contribution in [-0.4, -0.2) is 110 Å². The molecule has 9 rings (SSSR count). The molecule has 2 fully saturated rings. The summed E-state index contributed by atoms with van der Waals surface area (Å²) in [6.07, 6.45) is 6.97. The maximum absolute atomic E-state index is 14.4. The first kappa shape index (κ1) is 44.4. The number of amides is 1. The number of aromatic nitrogens is 4. The zero-order valence-corrected chi connectivity index (χ0v) is 38.1. The minimum Gasteiger partial charge on any atom is -0.475 e. The molecule has 17 nitrogen and oxygen atoms in total. The molecule has 0 saturated carbocycles. The van der Waals surface area contributed by atoms with E-state index in [0.29, 0.717) is 56.2 Å². The van der Waals surface area contributed by atoms with Crippen LogP contribution in [0.1, 0.15) is 68.3 Å². The third kappa shape index (κ3) is 9.90. The fraction of sp³-hybridized carbons (Fsp3) is 0.435. The number of hydrogen-bond donors (Lipinski definition) is 2. The lowest BCUT2D eigenvalue weighted by Gasteiger charge is -2.39. The SMILES string of the molecule is CC1(C)CCC(CN2CCN(c3ccc(C(=O)NS(=O)(=O)c4ccc(NCC5CCOCC5)c([N+](=O)[O-])c4)c(N4CCCOc5nn6nncc6cc54)c3)CC2)=C(c2ccc(Cl)cc2)C1. The number of carbonyl (C=O) groups is 1. The van der Waals surface area contributed by atoms with Crippen LogP contribution in [0, 0.1) is 21.4 Å². The lowest BCUT2D eigenvalue weighted by atomic mass is 9.72. The summed E-state index contributed by atoms with van der Waals surface area (Å²) in [5.74, 6) is -0.341. The fourth-order valence-electron chi connectivity index (χ4n) is 9.26. The summed E-state index contributed by atoms with van der Waals surface area (Å²) in [4.78, 5) is 32.2. The predicted octanol–water partition coefficient (Wildman–Crippen LogP) is 7.35. The van der Waals surface area contributed by atoms with Gasteiger partial charge in [0.25, 0.3) is 27.5 Å². The number of fused-ring (bicyclic) bond motifs is 2. The minimum atomic E-state index is -4.58. The van der Waals surface area contributed by atoms with E-state index in [-0.39, 0.29) is 28.5 Å². The van der Waals surface area contributed by atoms with Gasteiger partial charge in [0.2, 0.25) is 0 Å². The molecule has 0 spiro atoms. The van der Waals surface area contributed by atoms with E-state index in [1.165, 1.54) is 33.5 Å². The number of nitrogens with one attached hydrogen (secondary N) is 2. The summed E-state index contributed by atoms with van der Waals surface area (Å²) in [6.45, 7) is 11.2. The predicted molar refractivity (Wildman–Crippen MR) is 249 cm³/mol. The molecule has 3 aromatic carbocycles. The van der Waals surface area contributed by atoms with Gasteiger partial charge in [-0.15, -0.1) is 14.8 Å². The Morgan fingerprint density at radius 3 is 2.52 bits per heavy atom. The molecule has 1 amide bonds. The molecule has 0 radical (unpaired) electrons.